The number of hydrogen-bond acceptors (Lipinski definition) is 7. The van der Waals surface area contributed by atoms with Gasteiger partial charge < -0.3 is 10.1 Å². The Kier molecular flexibility index (Phi) is 8.37. The maximum Gasteiger partial charge on any atom is 0.516 e. The lowest BCUT2D eigenvalue weighted by Gasteiger charge is -2.34. The van der Waals surface area contributed by atoms with E-state index >= 15 is 0 Å². The van der Waals surface area contributed by atoms with E-state index in [1.165, 1.54) is 12.1 Å². The zero-order valence-corrected chi connectivity index (χ0v) is 22.6. The number of anilines is 1. The fraction of sp³-hybridized carbons (Fsp3) is 0.375. The highest BCUT2D eigenvalue weighted by Gasteiger charge is 2.51. The van der Waals surface area contributed by atoms with E-state index in [0.29, 0.717) is 34.2 Å². The Morgan fingerprint density at radius 3 is 2.51 bits per heavy atom. The van der Waals surface area contributed by atoms with Crippen LogP contribution in [0.2, 0.25) is 5.02 Å². The van der Waals surface area contributed by atoms with Gasteiger partial charge >= 0.3 is 15.5 Å². The van der Waals surface area contributed by atoms with Crippen molar-refractivity contribution in [1.29, 1.82) is 0 Å². The second kappa shape index (κ2) is 11.4. The number of amides is 1. The number of halogens is 4. The number of rotatable bonds is 9. The number of aryl methyl sites for hydroxylation is 1. The topological polar surface area (TPSA) is 109 Å². The van der Waals surface area contributed by atoms with Crippen LogP contribution >= 0.6 is 11.6 Å². The first kappa shape index (κ1) is 28.6. The predicted octanol–water partition coefficient (Wildman–Crippen LogP) is 3.80. The van der Waals surface area contributed by atoms with E-state index in [1.807, 2.05) is 6.92 Å². The molecule has 0 saturated carbocycles. The van der Waals surface area contributed by atoms with Crippen molar-refractivity contribution in [1.82, 2.24) is 19.0 Å². The lowest BCUT2D eigenvalue weighted by atomic mass is 10.2. The van der Waals surface area contributed by atoms with Gasteiger partial charge in [-0.15, -0.1) is 0 Å². The Hall–Kier alpha value is -3.36. The number of carbonyl (C=O) groups is 1. The molecular formula is C24H26ClF3N6O4S. The second-order valence-electron chi connectivity index (χ2n) is 8.59. The fourth-order valence-corrected chi connectivity index (χ4v) is 5.24. The summed E-state index contributed by atoms with van der Waals surface area (Å²) in [6.07, 6.45) is 2.07. The summed E-state index contributed by atoms with van der Waals surface area (Å²) in [7, 11) is -4.22. The van der Waals surface area contributed by atoms with Gasteiger partial charge in [-0.25, -0.2) is 9.29 Å². The molecule has 1 aliphatic heterocycles. The Bertz CT molecular complexity index is 1490. The van der Waals surface area contributed by atoms with E-state index < -0.39 is 22.1 Å². The standard InChI is InChI=1S/C24H26ClF3N6O4S/c1-3-19-22(32-15-17(25)6-9-20(32)30-19)23(35)29-14-16-4-7-18(8-5-16)33-11-12-34(21(31-33)10-13-38-2)39(36,37)24(26,27)28/h4-9,15H,3,10-14H2,1-2H3,(H,29,35). The molecule has 0 fully saturated rings. The summed E-state index contributed by atoms with van der Waals surface area (Å²) < 4.78 is 70.4. The number of methoxy groups -OCH3 is 1. The van der Waals surface area contributed by atoms with Gasteiger partial charge in [0.2, 0.25) is 0 Å². The highest BCUT2D eigenvalue weighted by molar-refractivity contribution is 7.90. The molecule has 3 aromatic rings. The number of pyridine rings is 1. The number of hydrazone groups is 1. The van der Waals surface area contributed by atoms with Crippen LogP contribution < -0.4 is 10.3 Å². The predicted molar refractivity (Wildman–Crippen MR) is 140 cm³/mol. The zero-order chi connectivity index (χ0) is 28.4. The van der Waals surface area contributed by atoms with E-state index in [9.17, 15) is 26.4 Å². The first-order valence-electron chi connectivity index (χ1n) is 11.9. The van der Waals surface area contributed by atoms with Crippen LogP contribution in [0.4, 0.5) is 18.9 Å². The number of amidine groups is 1. The number of aromatic nitrogens is 2. The van der Waals surface area contributed by atoms with Gasteiger partial charge in [-0.1, -0.05) is 30.7 Å². The van der Waals surface area contributed by atoms with Crippen LogP contribution in [0.1, 0.15) is 35.1 Å². The number of nitrogens with one attached hydrogen (secondary N) is 1. The Morgan fingerprint density at radius 1 is 1.15 bits per heavy atom. The van der Waals surface area contributed by atoms with Crippen molar-refractivity contribution < 1.29 is 31.1 Å². The number of carbonyl (C=O) groups excluding carboxylic acids is 1. The molecule has 0 saturated heterocycles. The lowest BCUT2D eigenvalue weighted by molar-refractivity contribution is -0.0473. The van der Waals surface area contributed by atoms with E-state index in [4.69, 9.17) is 16.3 Å². The number of benzene rings is 1. The molecule has 210 valence electrons. The van der Waals surface area contributed by atoms with Gasteiger partial charge in [-0.05, 0) is 36.2 Å². The van der Waals surface area contributed by atoms with Gasteiger partial charge in [0.05, 0.1) is 36.1 Å². The number of nitrogens with zero attached hydrogens (tertiary/aromatic N) is 5. The number of imidazole rings is 1. The van der Waals surface area contributed by atoms with E-state index in [2.05, 4.69) is 15.4 Å². The minimum atomic E-state index is -5.58. The summed E-state index contributed by atoms with van der Waals surface area (Å²) in [4.78, 5) is 17.5. The molecular weight excluding hydrogens is 561 g/mol. The smallest absolute Gasteiger partial charge is 0.384 e. The number of alkyl halides is 3. The monoisotopic (exact) mass is 586 g/mol. The largest absolute Gasteiger partial charge is 0.516 e. The third kappa shape index (κ3) is 5.97. The summed E-state index contributed by atoms with van der Waals surface area (Å²) >= 11 is 6.10. The number of sulfonamides is 1. The molecule has 10 nitrogen and oxygen atoms in total. The van der Waals surface area contributed by atoms with Crippen molar-refractivity contribution in [3.8, 4) is 0 Å². The molecule has 0 aliphatic carbocycles. The first-order chi connectivity index (χ1) is 18.5. The number of hydrogen-bond donors (Lipinski definition) is 1. The van der Waals surface area contributed by atoms with Crippen LogP contribution in [0.15, 0.2) is 47.7 Å². The molecule has 1 amide bonds. The van der Waals surface area contributed by atoms with Crippen molar-refractivity contribution in [2.24, 2.45) is 5.10 Å². The third-order valence-corrected chi connectivity index (χ3v) is 7.83. The summed E-state index contributed by atoms with van der Waals surface area (Å²) in [6, 6.07) is 10.3. The van der Waals surface area contributed by atoms with Gasteiger partial charge in [0.25, 0.3) is 5.91 Å². The highest BCUT2D eigenvalue weighted by atomic mass is 35.5. The molecule has 3 heterocycles. The first-order valence-corrected chi connectivity index (χ1v) is 13.7. The SMILES string of the molecule is CCc1nc2ccc(Cl)cn2c1C(=O)NCc1ccc(N2CCN(S(=O)(=O)C(F)(F)F)C(CCOC)=N2)cc1. The second-order valence-corrected chi connectivity index (χ2v) is 10.9. The third-order valence-electron chi connectivity index (χ3n) is 6.04. The van der Waals surface area contributed by atoms with Gasteiger partial charge in [0.1, 0.15) is 17.2 Å². The normalized spacial score (nSPS) is 14.6. The number of fused-ring (bicyclic) bond motifs is 1. The molecule has 4 rings (SSSR count). The van der Waals surface area contributed by atoms with Crippen LogP contribution in [0.3, 0.4) is 0 Å². The van der Waals surface area contributed by atoms with E-state index in [1.54, 1.807) is 47.0 Å². The molecule has 1 aromatic carbocycles. The summed E-state index contributed by atoms with van der Waals surface area (Å²) in [5, 5.41) is 8.95. The molecule has 15 heteroatoms. The van der Waals surface area contributed by atoms with Crippen molar-refractivity contribution >= 4 is 44.7 Å². The van der Waals surface area contributed by atoms with Crippen LogP contribution in [-0.4, -0.2) is 66.2 Å². The molecule has 0 unspecified atom stereocenters. The maximum absolute atomic E-state index is 13.2. The molecule has 0 bridgehead atoms. The highest BCUT2D eigenvalue weighted by Crippen LogP contribution is 2.30. The molecule has 1 aliphatic rings. The average Bonchev–Trinajstić information content (AvgIpc) is 3.27. The molecule has 2 aromatic heterocycles. The molecule has 0 spiro atoms. The summed E-state index contributed by atoms with van der Waals surface area (Å²) in [5.74, 6) is -0.586. The van der Waals surface area contributed by atoms with E-state index in [0.717, 1.165) is 5.56 Å². The quantitative estimate of drug-likeness (QED) is 0.409. The fourth-order valence-electron chi connectivity index (χ4n) is 4.10. The summed E-state index contributed by atoms with van der Waals surface area (Å²) in [5.41, 5.74) is -2.48. The van der Waals surface area contributed by atoms with Crippen LogP contribution in [0.25, 0.3) is 5.65 Å². The molecule has 0 radical (unpaired) electrons. The molecule has 39 heavy (non-hydrogen) atoms. The van der Waals surface area contributed by atoms with E-state index in [-0.39, 0.29) is 42.2 Å². The van der Waals surface area contributed by atoms with Crippen LogP contribution in [0, 0.1) is 0 Å². The lowest BCUT2D eigenvalue weighted by Crippen LogP contribution is -2.51. The molecule has 0 atom stereocenters. The Balaban J connectivity index is 1.49. The van der Waals surface area contributed by atoms with Crippen molar-refractivity contribution in [3.63, 3.8) is 0 Å². The average molecular weight is 587 g/mol. The van der Waals surface area contributed by atoms with Gasteiger partial charge in [-0.2, -0.15) is 26.7 Å². The van der Waals surface area contributed by atoms with Crippen molar-refractivity contribution in [3.05, 3.63) is 64.6 Å². The molecule has 1 N–H and O–H groups in total. The summed E-state index contributed by atoms with van der Waals surface area (Å²) in [6.45, 7) is 1.59. The number of ether oxygens (including phenoxy) is 1. The Labute approximate surface area is 228 Å². The minimum Gasteiger partial charge on any atom is -0.384 e. The van der Waals surface area contributed by atoms with Gasteiger partial charge in [0.15, 0.2) is 0 Å². The van der Waals surface area contributed by atoms with Gasteiger partial charge in [-0.3, -0.25) is 14.2 Å². The van der Waals surface area contributed by atoms with Crippen LogP contribution in [-0.2, 0) is 27.7 Å². The minimum absolute atomic E-state index is 0.00634. The van der Waals surface area contributed by atoms with Crippen molar-refractivity contribution in [2.75, 3.05) is 31.8 Å². The van der Waals surface area contributed by atoms with Crippen LogP contribution in [0.5, 0.6) is 0 Å². The zero-order valence-electron chi connectivity index (χ0n) is 21.1. The Morgan fingerprint density at radius 2 is 1.87 bits per heavy atom. The van der Waals surface area contributed by atoms with Gasteiger partial charge in [0, 0.05) is 26.3 Å². The van der Waals surface area contributed by atoms with Crippen molar-refractivity contribution in [2.45, 2.75) is 31.8 Å². The maximum atomic E-state index is 13.2.